The molecule has 0 aliphatic rings. The first-order valence-electron chi connectivity index (χ1n) is 7.04. The van der Waals surface area contributed by atoms with Gasteiger partial charge in [-0.05, 0) is 48.0 Å². The van der Waals surface area contributed by atoms with E-state index in [1.165, 1.54) is 37.4 Å². The van der Waals surface area contributed by atoms with Gasteiger partial charge in [0.15, 0.2) is 0 Å². The zero-order chi connectivity index (χ0) is 17.5. The maximum atomic E-state index is 12.8. The molecular weight excluding hydrogens is 309 g/mol. The van der Waals surface area contributed by atoms with Gasteiger partial charge in [-0.3, -0.25) is 9.59 Å². The first-order valence-corrected chi connectivity index (χ1v) is 7.04. The normalized spacial score (nSPS) is 10.6. The van der Waals surface area contributed by atoms with Crippen LogP contribution < -0.4 is 10.6 Å². The molecule has 0 bridgehead atoms. The van der Waals surface area contributed by atoms with Crippen LogP contribution in [-0.4, -0.2) is 18.9 Å². The summed E-state index contributed by atoms with van der Waals surface area (Å²) in [7, 11) is 1.53. The van der Waals surface area contributed by atoms with E-state index in [0.29, 0.717) is 16.8 Å². The first-order chi connectivity index (χ1) is 11.5. The minimum atomic E-state index is -0.598. The third-order valence-corrected chi connectivity index (χ3v) is 3.18. The fourth-order valence-electron chi connectivity index (χ4n) is 1.92. The van der Waals surface area contributed by atoms with Gasteiger partial charge in [0.05, 0.1) is 0 Å². The predicted octanol–water partition coefficient (Wildman–Crippen LogP) is 2.73. The van der Waals surface area contributed by atoms with Crippen molar-refractivity contribution in [2.75, 3.05) is 12.4 Å². The van der Waals surface area contributed by atoms with E-state index >= 15 is 0 Å². The van der Waals surface area contributed by atoms with Crippen molar-refractivity contribution >= 4 is 23.6 Å². The van der Waals surface area contributed by atoms with Gasteiger partial charge in [0, 0.05) is 18.3 Å². The molecule has 2 rings (SSSR count). The number of nitrogens with zero attached hydrogens (tertiary/aromatic N) is 1. The molecule has 0 aromatic heterocycles. The van der Waals surface area contributed by atoms with Crippen molar-refractivity contribution in [3.05, 3.63) is 71.0 Å². The van der Waals surface area contributed by atoms with Crippen molar-refractivity contribution in [2.24, 2.45) is 0 Å². The molecule has 0 aliphatic carbocycles. The summed E-state index contributed by atoms with van der Waals surface area (Å²) >= 11 is 0. The second-order valence-corrected chi connectivity index (χ2v) is 4.83. The largest absolute Gasteiger partial charge is 0.355 e. The summed E-state index contributed by atoms with van der Waals surface area (Å²) in [6.45, 7) is 0. The van der Waals surface area contributed by atoms with Crippen molar-refractivity contribution in [1.29, 1.82) is 5.26 Å². The second kappa shape index (κ2) is 7.70. The second-order valence-electron chi connectivity index (χ2n) is 4.83. The monoisotopic (exact) mass is 323 g/mol. The van der Waals surface area contributed by atoms with Gasteiger partial charge < -0.3 is 10.6 Å². The van der Waals surface area contributed by atoms with Crippen LogP contribution in [0.1, 0.15) is 15.9 Å². The summed E-state index contributed by atoms with van der Waals surface area (Å²) < 4.78 is 12.8. The third-order valence-electron chi connectivity index (χ3n) is 3.18. The zero-order valence-electron chi connectivity index (χ0n) is 12.8. The molecule has 2 amide bonds. The van der Waals surface area contributed by atoms with Crippen LogP contribution in [0.5, 0.6) is 0 Å². The van der Waals surface area contributed by atoms with Gasteiger partial charge >= 0.3 is 0 Å². The quantitative estimate of drug-likeness (QED) is 0.670. The highest BCUT2D eigenvalue weighted by molar-refractivity contribution is 6.09. The standard InChI is InChI=1S/C18H14FN3O2/c1-21-17(23)13-4-2-12(3-5-13)10-14(11-20)18(24)22-16-8-6-15(19)7-9-16/h2-10H,1H3,(H,21,23)(H,22,24)/b14-10-. The molecular formula is C18H14FN3O2. The summed E-state index contributed by atoms with van der Waals surface area (Å²) in [4.78, 5) is 23.6. The lowest BCUT2D eigenvalue weighted by Crippen LogP contribution is -2.17. The van der Waals surface area contributed by atoms with E-state index in [9.17, 15) is 14.0 Å². The highest BCUT2D eigenvalue weighted by Gasteiger charge is 2.10. The van der Waals surface area contributed by atoms with Crippen molar-refractivity contribution in [2.45, 2.75) is 0 Å². The number of carbonyl (C=O) groups excluding carboxylic acids is 2. The molecule has 120 valence electrons. The number of hydrogen-bond donors (Lipinski definition) is 2. The molecule has 2 N–H and O–H groups in total. The molecule has 0 fully saturated rings. The molecule has 0 radical (unpaired) electrons. The molecule has 0 aliphatic heterocycles. The van der Waals surface area contributed by atoms with E-state index in [1.54, 1.807) is 24.3 Å². The Morgan fingerprint density at radius 2 is 1.71 bits per heavy atom. The molecule has 0 saturated carbocycles. The zero-order valence-corrected chi connectivity index (χ0v) is 12.8. The van der Waals surface area contributed by atoms with E-state index in [0.717, 1.165) is 0 Å². The fraction of sp³-hybridized carbons (Fsp3) is 0.0556. The number of nitrogens with one attached hydrogen (secondary N) is 2. The van der Waals surface area contributed by atoms with Crippen LogP contribution in [0.3, 0.4) is 0 Å². The van der Waals surface area contributed by atoms with E-state index in [-0.39, 0.29) is 11.5 Å². The molecule has 6 heteroatoms. The van der Waals surface area contributed by atoms with Gasteiger partial charge in [0.25, 0.3) is 11.8 Å². The van der Waals surface area contributed by atoms with Gasteiger partial charge in [-0.2, -0.15) is 5.26 Å². The lowest BCUT2D eigenvalue weighted by molar-refractivity contribution is -0.112. The highest BCUT2D eigenvalue weighted by atomic mass is 19.1. The summed E-state index contributed by atoms with van der Waals surface area (Å²) in [6.07, 6.45) is 1.41. The van der Waals surface area contributed by atoms with Crippen LogP contribution in [-0.2, 0) is 4.79 Å². The van der Waals surface area contributed by atoms with Crippen LogP contribution in [0, 0.1) is 17.1 Å². The van der Waals surface area contributed by atoms with Crippen molar-refractivity contribution in [3.8, 4) is 6.07 Å². The number of amides is 2. The summed E-state index contributed by atoms with van der Waals surface area (Å²) in [5.74, 6) is -1.24. The Bertz CT molecular complexity index is 819. The molecule has 0 atom stereocenters. The molecule has 24 heavy (non-hydrogen) atoms. The maximum Gasteiger partial charge on any atom is 0.266 e. The van der Waals surface area contributed by atoms with Crippen molar-refractivity contribution < 1.29 is 14.0 Å². The van der Waals surface area contributed by atoms with E-state index in [4.69, 9.17) is 5.26 Å². The lowest BCUT2D eigenvalue weighted by Gasteiger charge is -2.04. The van der Waals surface area contributed by atoms with Crippen LogP contribution in [0.2, 0.25) is 0 Å². The summed E-state index contributed by atoms with van der Waals surface area (Å²) in [5.41, 5.74) is 1.36. The van der Waals surface area contributed by atoms with E-state index < -0.39 is 11.7 Å². The smallest absolute Gasteiger partial charge is 0.266 e. The van der Waals surface area contributed by atoms with E-state index in [1.807, 2.05) is 6.07 Å². The number of halogens is 1. The number of hydrogen-bond acceptors (Lipinski definition) is 3. The van der Waals surface area contributed by atoms with Gasteiger partial charge in [0.1, 0.15) is 17.5 Å². The number of anilines is 1. The minimum Gasteiger partial charge on any atom is -0.355 e. The number of nitriles is 1. The Balaban J connectivity index is 2.16. The lowest BCUT2D eigenvalue weighted by atomic mass is 10.1. The topological polar surface area (TPSA) is 82.0 Å². The van der Waals surface area contributed by atoms with Crippen LogP contribution in [0.25, 0.3) is 6.08 Å². The molecule has 0 unspecified atom stereocenters. The van der Waals surface area contributed by atoms with Crippen molar-refractivity contribution in [1.82, 2.24) is 5.32 Å². The fourth-order valence-corrected chi connectivity index (χ4v) is 1.92. The average Bonchev–Trinajstić information content (AvgIpc) is 2.61. The molecule has 2 aromatic carbocycles. The third kappa shape index (κ3) is 4.27. The number of benzene rings is 2. The Kier molecular flexibility index (Phi) is 5.42. The summed E-state index contributed by atoms with van der Waals surface area (Å²) in [6, 6.07) is 13.5. The number of carbonyl (C=O) groups is 2. The minimum absolute atomic E-state index is 0.105. The van der Waals surface area contributed by atoms with Gasteiger partial charge in [-0.1, -0.05) is 12.1 Å². The molecule has 0 spiro atoms. The van der Waals surface area contributed by atoms with Crippen LogP contribution in [0.15, 0.2) is 54.1 Å². The predicted molar refractivity (Wildman–Crippen MR) is 88.5 cm³/mol. The molecule has 5 nitrogen and oxygen atoms in total. The number of rotatable bonds is 4. The first kappa shape index (κ1) is 16.9. The highest BCUT2D eigenvalue weighted by Crippen LogP contribution is 2.13. The SMILES string of the molecule is CNC(=O)c1ccc(/C=C(/C#N)C(=O)Nc2ccc(F)cc2)cc1. The van der Waals surface area contributed by atoms with Gasteiger partial charge in [-0.25, -0.2) is 4.39 Å². The van der Waals surface area contributed by atoms with Crippen molar-refractivity contribution in [3.63, 3.8) is 0 Å². The summed E-state index contributed by atoms with van der Waals surface area (Å²) in [5, 5.41) is 14.2. The van der Waals surface area contributed by atoms with Crippen LogP contribution in [0.4, 0.5) is 10.1 Å². The average molecular weight is 323 g/mol. The molecule has 2 aromatic rings. The Morgan fingerprint density at radius 1 is 1.08 bits per heavy atom. The van der Waals surface area contributed by atoms with Crippen LogP contribution >= 0.6 is 0 Å². The molecule has 0 saturated heterocycles. The Labute approximate surface area is 138 Å². The Hall–Kier alpha value is -3.46. The van der Waals surface area contributed by atoms with Gasteiger partial charge in [-0.15, -0.1) is 0 Å². The van der Waals surface area contributed by atoms with E-state index in [2.05, 4.69) is 10.6 Å². The molecule has 0 heterocycles. The Morgan fingerprint density at radius 3 is 2.25 bits per heavy atom. The van der Waals surface area contributed by atoms with Gasteiger partial charge in [0.2, 0.25) is 0 Å². The maximum absolute atomic E-state index is 12.8.